The van der Waals surface area contributed by atoms with Crippen molar-refractivity contribution < 1.29 is 38.7 Å². The van der Waals surface area contributed by atoms with E-state index in [9.17, 15) is 24.6 Å². The fourth-order valence-corrected chi connectivity index (χ4v) is 3.82. The van der Waals surface area contributed by atoms with Crippen molar-refractivity contribution in [1.82, 2.24) is 0 Å². The first-order chi connectivity index (χ1) is 20.9. The van der Waals surface area contributed by atoms with Gasteiger partial charge < -0.3 is 24.4 Å². The van der Waals surface area contributed by atoms with Crippen LogP contribution in [0.15, 0.2) is 78.9 Å². The van der Waals surface area contributed by atoms with Gasteiger partial charge in [-0.3, -0.25) is 20.2 Å². The summed E-state index contributed by atoms with van der Waals surface area (Å²) in [5, 5.41) is 38.1. The van der Waals surface area contributed by atoms with Crippen LogP contribution < -0.4 is 9.47 Å². The Balaban J connectivity index is -0.000000200. The average Bonchev–Trinajstić information content (AvgIpc) is 3.54. The molecule has 0 saturated carbocycles. The van der Waals surface area contributed by atoms with Crippen LogP contribution in [0.5, 0.6) is 11.5 Å². The molecule has 1 aliphatic rings. The Morgan fingerprint density at radius 3 is 1.49 bits per heavy atom. The molecule has 11 nitrogen and oxygen atoms in total. The Kier molecular flexibility index (Phi) is 34.5. The maximum atomic E-state index is 12.4. The molecule has 3 aromatic carbocycles. The number of hydrogen-bond acceptors (Lipinski definition) is 9. The van der Waals surface area contributed by atoms with Crippen LogP contribution in [0.4, 0.5) is 15.8 Å². The topological polar surface area (TPSA) is 154 Å². The fraction of sp³-hybridized carbons (Fsp3) is 0.514. The van der Waals surface area contributed by atoms with Crippen LogP contribution in [0, 0.1) is 26.0 Å². The van der Waals surface area contributed by atoms with Crippen molar-refractivity contribution in [3.63, 3.8) is 0 Å². The fourth-order valence-electron chi connectivity index (χ4n) is 3.82. The second kappa shape index (κ2) is 31.2. The van der Waals surface area contributed by atoms with Gasteiger partial charge in [-0.2, -0.15) is 4.39 Å². The third-order valence-electron chi connectivity index (χ3n) is 5.69. The number of nitro groups is 2. The molecule has 1 fully saturated rings. The van der Waals surface area contributed by atoms with E-state index < -0.39 is 21.4 Å². The number of ether oxygens (including phenoxy) is 3. The van der Waals surface area contributed by atoms with Crippen molar-refractivity contribution >= 4 is 11.4 Å². The first-order valence-electron chi connectivity index (χ1n) is 14.3. The van der Waals surface area contributed by atoms with Gasteiger partial charge in [-0.25, -0.2) is 0 Å². The minimum absolute atomic E-state index is 0. The lowest BCUT2D eigenvalue weighted by atomic mass is 10.2. The number of hydrogen-bond donors (Lipinski definition) is 2. The van der Waals surface area contributed by atoms with Crippen molar-refractivity contribution in [2.75, 3.05) is 13.2 Å². The number of rotatable bonds is 10. The van der Waals surface area contributed by atoms with E-state index in [1.807, 2.05) is 44.2 Å². The van der Waals surface area contributed by atoms with Crippen molar-refractivity contribution in [3.8, 4) is 11.5 Å². The highest BCUT2D eigenvalue weighted by Crippen LogP contribution is 2.27. The predicted octanol–water partition coefficient (Wildman–Crippen LogP) is 10.1. The number of aliphatic hydroxyl groups excluding tert-OH is 2. The van der Waals surface area contributed by atoms with Crippen LogP contribution in [-0.2, 0) is 4.74 Å². The van der Waals surface area contributed by atoms with Crippen molar-refractivity contribution in [3.05, 3.63) is 105 Å². The van der Waals surface area contributed by atoms with Gasteiger partial charge in [0, 0.05) is 31.8 Å². The van der Waals surface area contributed by atoms with Gasteiger partial charge in [-0.05, 0) is 71.2 Å². The molecule has 0 unspecified atom stereocenters. The van der Waals surface area contributed by atoms with Crippen LogP contribution in [0.1, 0.15) is 90.5 Å². The third kappa shape index (κ3) is 25.5. The van der Waals surface area contributed by atoms with Gasteiger partial charge in [0.05, 0.1) is 34.3 Å². The zero-order valence-electron chi connectivity index (χ0n) is 25.6. The van der Waals surface area contributed by atoms with E-state index in [-0.39, 0.29) is 73.0 Å². The highest BCUT2D eigenvalue weighted by molar-refractivity contribution is 5.45. The second-order valence-corrected chi connectivity index (χ2v) is 10.1. The lowest BCUT2D eigenvalue weighted by Crippen LogP contribution is -2.23. The molecule has 2 N–H and O–H groups in total. The Morgan fingerprint density at radius 2 is 1.10 bits per heavy atom. The van der Waals surface area contributed by atoms with E-state index >= 15 is 0 Å². The quantitative estimate of drug-likeness (QED) is 0.155. The Bertz CT molecular complexity index is 1210. The van der Waals surface area contributed by atoms with Crippen LogP contribution in [0.25, 0.3) is 0 Å². The molecule has 0 aliphatic carbocycles. The molecule has 282 valence electrons. The number of nitrogens with zero attached hydrogens (tertiary/aromatic N) is 2. The molecule has 0 radical (unpaired) electrons. The average molecular weight is 699 g/mol. The molecule has 49 heavy (non-hydrogen) atoms. The minimum atomic E-state index is -0.799. The van der Waals surface area contributed by atoms with Gasteiger partial charge in [0.25, 0.3) is 0 Å². The van der Waals surface area contributed by atoms with E-state index in [1.54, 1.807) is 32.0 Å². The Hall–Kier alpha value is -4.13. The van der Waals surface area contributed by atoms with E-state index in [4.69, 9.17) is 24.4 Å². The molecular formula is C37H63FN2O9. The van der Waals surface area contributed by atoms with Crippen LogP contribution >= 0.6 is 0 Å². The predicted molar refractivity (Wildman–Crippen MR) is 199 cm³/mol. The zero-order valence-corrected chi connectivity index (χ0v) is 25.6. The number of halogens is 1. The Labute approximate surface area is 294 Å². The van der Waals surface area contributed by atoms with Crippen LogP contribution in [-0.4, -0.2) is 57.7 Å². The summed E-state index contributed by atoms with van der Waals surface area (Å²) in [6.45, 7) is 9.15. The summed E-state index contributed by atoms with van der Waals surface area (Å²) in [6.07, 6.45) is 2.65. The maximum absolute atomic E-state index is 12.4. The summed E-state index contributed by atoms with van der Waals surface area (Å²) in [5.41, 5.74) is -0.506. The first kappa shape index (κ1) is 54.3. The summed E-state index contributed by atoms with van der Waals surface area (Å²) in [6, 6.07) is 20.9. The molecule has 1 aliphatic heterocycles. The SMILES string of the molecule is C.C.C.C.C.C1CCOC1.C[C@@H](O)C[C@@H](C)O.C[C@H](C[C@@H](C)Oc1ccccc1[N+](=O)[O-])Oc1ccccc1.O=[N+]([O-])c1ccccc1F. The molecule has 1 saturated heterocycles. The Morgan fingerprint density at radius 1 is 0.673 bits per heavy atom. The molecule has 1 heterocycles. The summed E-state index contributed by atoms with van der Waals surface area (Å²) in [5.74, 6) is 0.285. The molecule has 3 aromatic rings. The van der Waals surface area contributed by atoms with E-state index in [0.29, 0.717) is 12.8 Å². The van der Waals surface area contributed by atoms with E-state index in [1.165, 1.54) is 31.0 Å². The molecule has 4 rings (SSSR count). The smallest absolute Gasteiger partial charge is 0.310 e. The van der Waals surface area contributed by atoms with Gasteiger partial charge >= 0.3 is 11.4 Å². The summed E-state index contributed by atoms with van der Waals surface area (Å²) in [7, 11) is 0. The largest absolute Gasteiger partial charge is 0.491 e. The lowest BCUT2D eigenvalue weighted by Gasteiger charge is -2.20. The highest BCUT2D eigenvalue weighted by atomic mass is 19.1. The van der Waals surface area contributed by atoms with E-state index in [0.717, 1.165) is 31.1 Å². The zero-order chi connectivity index (χ0) is 32.9. The number of benzene rings is 3. The molecule has 0 aromatic heterocycles. The number of aliphatic hydroxyl groups is 2. The maximum Gasteiger partial charge on any atom is 0.310 e. The first-order valence-corrected chi connectivity index (χ1v) is 14.3. The van der Waals surface area contributed by atoms with Crippen molar-refractivity contribution in [2.45, 2.75) is 115 Å². The van der Waals surface area contributed by atoms with Crippen LogP contribution in [0.2, 0.25) is 0 Å². The highest BCUT2D eigenvalue weighted by Gasteiger charge is 2.18. The molecule has 0 spiro atoms. The minimum Gasteiger partial charge on any atom is -0.491 e. The van der Waals surface area contributed by atoms with E-state index in [2.05, 4.69) is 0 Å². The van der Waals surface area contributed by atoms with Gasteiger partial charge in [0.1, 0.15) is 5.75 Å². The van der Waals surface area contributed by atoms with Crippen molar-refractivity contribution in [2.24, 2.45) is 0 Å². The normalized spacial score (nSPS) is 13.0. The van der Waals surface area contributed by atoms with Gasteiger partial charge in [-0.15, -0.1) is 0 Å². The summed E-state index contributed by atoms with van der Waals surface area (Å²) >= 11 is 0. The monoisotopic (exact) mass is 698 g/mol. The summed E-state index contributed by atoms with van der Waals surface area (Å²) in [4.78, 5) is 19.8. The number of para-hydroxylation sites is 4. The lowest BCUT2D eigenvalue weighted by molar-refractivity contribution is -0.387. The standard InChI is InChI=1S/C17H19NO4.C6H4FNO2.C5H12O2.C4H8O.5CH4/c1-13(21-15-8-4-3-5-9-15)12-14(2)22-17-11-7-6-10-16(17)18(19)20;7-5-3-1-2-4-6(5)8(9)10;1-4(6)3-5(2)7;1-2-4-5-3-1;;;;;/h3-11,13-14H,12H2,1-2H3;1-4H;4-7H,3H2,1-2H3;1-4H2;5*1H4/t13-,14-;;4-,5-;;;;;;/m1.1....../s1. The molecule has 12 heteroatoms. The van der Waals surface area contributed by atoms with Gasteiger partial charge in [-0.1, -0.05) is 79.6 Å². The third-order valence-corrected chi connectivity index (χ3v) is 5.69. The summed E-state index contributed by atoms with van der Waals surface area (Å²) < 4.78 is 28.8. The molecule has 4 atom stereocenters. The molecular weight excluding hydrogens is 635 g/mol. The molecule has 0 amide bonds. The second-order valence-electron chi connectivity index (χ2n) is 10.1. The number of nitro benzene ring substituents is 2. The van der Waals surface area contributed by atoms with Gasteiger partial charge in [0.15, 0.2) is 5.75 Å². The van der Waals surface area contributed by atoms with Crippen molar-refractivity contribution in [1.29, 1.82) is 0 Å². The molecule has 0 bridgehead atoms. The van der Waals surface area contributed by atoms with Gasteiger partial charge in [0.2, 0.25) is 5.82 Å². The van der Waals surface area contributed by atoms with Crippen LogP contribution in [0.3, 0.4) is 0 Å².